The van der Waals surface area contributed by atoms with Crippen LogP contribution in [-0.2, 0) is 6.54 Å². The number of benzene rings is 1. The number of piperidine rings is 1. The molecule has 110 valence electrons. The zero-order valence-corrected chi connectivity index (χ0v) is 12.2. The first-order valence-electron chi connectivity index (χ1n) is 7.69. The predicted octanol–water partition coefficient (Wildman–Crippen LogP) is 3.10. The summed E-state index contributed by atoms with van der Waals surface area (Å²) in [7, 11) is 0. The van der Waals surface area contributed by atoms with Crippen molar-refractivity contribution in [2.75, 3.05) is 19.7 Å². The molecule has 1 aliphatic rings. The summed E-state index contributed by atoms with van der Waals surface area (Å²) in [5.74, 6) is 0.955. The van der Waals surface area contributed by atoms with Crippen molar-refractivity contribution < 1.29 is 4.74 Å². The summed E-state index contributed by atoms with van der Waals surface area (Å²) in [6.07, 6.45) is 6.53. The Hall–Kier alpha value is -0.530. The molecule has 3 nitrogen and oxygen atoms in total. The van der Waals surface area contributed by atoms with Crippen LogP contribution in [0, 0.1) is 11.3 Å². The summed E-state index contributed by atoms with van der Waals surface area (Å²) in [6, 6.07) is 10.6. The molecule has 0 radical (unpaired) electrons. The molecule has 1 heterocycles. The van der Waals surface area contributed by atoms with Crippen LogP contribution in [-0.4, -0.2) is 54.2 Å². The monoisotopic (exact) mass is 296 g/mol. The molecule has 0 bridgehead atoms. The van der Waals surface area contributed by atoms with E-state index in [-0.39, 0.29) is 29.6 Å². The second-order valence-electron chi connectivity index (χ2n) is 5.45. The third-order valence-electron chi connectivity index (χ3n) is 3.70. The van der Waals surface area contributed by atoms with Gasteiger partial charge in [-0.3, -0.25) is 4.90 Å². The van der Waals surface area contributed by atoms with Gasteiger partial charge in [0.15, 0.2) is 0 Å². The molecular weight excluding hydrogens is 271 g/mol. The van der Waals surface area contributed by atoms with Crippen LogP contribution >= 0.6 is 0 Å². The van der Waals surface area contributed by atoms with Gasteiger partial charge in [0, 0.05) is 13.0 Å². The molecule has 0 saturated carbocycles. The van der Waals surface area contributed by atoms with Gasteiger partial charge < -0.3 is 4.74 Å². The first kappa shape index (κ1) is 18.5. The van der Waals surface area contributed by atoms with Crippen molar-refractivity contribution in [1.29, 1.82) is 5.26 Å². The molecule has 0 aromatic heterocycles. The summed E-state index contributed by atoms with van der Waals surface area (Å²) < 4.78 is 5.75. The number of hydrogen-bond acceptors (Lipinski definition) is 3. The number of rotatable bonds is 7. The van der Waals surface area contributed by atoms with Crippen LogP contribution in [0.25, 0.3) is 0 Å². The van der Waals surface area contributed by atoms with Crippen LogP contribution in [0.5, 0.6) is 5.75 Å². The molecular formula is C17H25N2NaO. The van der Waals surface area contributed by atoms with Crippen molar-refractivity contribution in [1.82, 2.24) is 4.90 Å². The first-order chi connectivity index (χ1) is 9.88. The van der Waals surface area contributed by atoms with Gasteiger partial charge in [0.1, 0.15) is 5.75 Å². The third-order valence-corrected chi connectivity index (χ3v) is 3.70. The number of unbranched alkanes of at least 4 members (excludes halogenated alkanes) is 2. The van der Waals surface area contributed by atoms with E-state index in [0.717, 1.165) is 25.1 Å². The molecule has 1 aromatic carbocycles. The molecule has 21 heavy (non-hydrogen) atoms. The van der Waals surface area contributed by atoms with Crippen LogP contribution in [0.2, 0.25) is 0 Å². The third kappa shape index (κ3) is 7.33. The van der Waals surface area contributed by atoms with E-state index in [4.69, 9.17) is 10.00 Å². The Balaban J connectivity index is 0.00000220. The van der Waals surface area contributed by atoms with E-state index in [0.29, 0.717) is 13.0 Å². The van der Waals surface area contributed by atoms with E-state index >= 15 is 0 Å². The molecule has 2 rings (SSSR count). The standard InChI is InChI=1S/C17H24N2O.Na.H/c18-10-3-1-6-13-20-17-9-7-8-16(14-17)15-19-11-4-2-5-12-19;;/h7-9,14H,1-6,11-13,15H2;;. The van der Waals surface area contributed by atoms with Crippen LogP contribution < -0.4 is 4.74 Å². The van der Waals surface area contributed by atoms with Crippen molar-refractivity contribution in [3.05, 3.63) is 29.8 Å². The minimum absolute atomic E-state index is 0. The summed E-state index contributed by atoms with van der Waals surface area (Å²) in [5.41, 5.74) is 1.33. The Morgan fingerprint density at radius 3 is 2.71 bits per heavy atom. The van der Waals surface area contributed by atoms with Gasteiger partial charge in [-0.1, -0.05) is 18.6 Å². The van der Waals surface area contributed by atoms with Crippen molar-refractivity contribution in [2.24, 2.45) is 0 Å². The Morgan fingerprint density at radius 2 is 1.95 bits per heavy atom. The van der Waals surface area contributed by atoms with E-state index in [1.807, 2.05) is 6.07 Å². The average molecular weight is 296 g/mol. The second-order valence-corrected chi connectivity index (χ2v) is 5.45. The molecule has 0 unspecified atom stereocenters. The second kappa shape index (κ2) is 11.1. The molecule has 1 saturated heterocycles. The zero-order valence-electron chi connectivity index (χ0n) is 12.2. The van der Waals surface area contributed by atoms with Gasteiger partial charge in [-0.2, -0.15) is 5.26 Å². The van der Waals surface area contributed by atoms with Crippen molar-refractivity contribution in [3.8, 4) is 11.8 Å². The molecule has 0 N–H and O–H groups in total. The Bertz CT molecular complexity index is 439. The number of hydrogen-bond donors (Lipinski definition) is 0. The molecule has 1 aliphatic heterocycles. The average Bonchev–Trinajstić information content (AvgIpc) is 2.48. The molecule has 1 aromatic rings. The predicted molar refractivity (Wildman–Crippen MR) is 87.7 cm³/mol. The van der Waals surface area contributed by atoms with Crippen molar-refractivity contribution in [2.45, 2.75) is 45.1 Å². The summed E-state index contributed by atoms with van der Waals surface area (Å²) in [5, 5.41) is 8.48. The SMILES string of the molecule is N#CCCCCOc1cccc(CN2CCCCC2)c1.[NaH]. The normalized spacial score (nSPS) is 15.0. The van der Waals surface area contributed by atoms with E-state index in [1.165, 1.54) is 37.9 Å². The van der Waals surface area contributed by atoms with Crippen LogP contribution in [0.3, 0.4) is 0 Å². The summed E-state index contributed by atoms with van der Waals surface area (Å²) in [6.45, 7) is 4.18. The van der Waals surface area contributed by atoms with Crippen LogP contribution in [0.1, 0.15) is 44.1 Å². The van der Waals surface area contributed by atoms with Gasteiger partial charge in [-0.15, -0.1) is 0 Å². The number of nitriles is 1. The fourth-order valence-electron chi connectivity index (χ4n) is 2.61. The molecule has 0 atom stereocenters. The molecule has 4 heteroatoms. The van der Waals surface area contributed by atoms with E-state index in [2.05, 4.69) is 29.2 Å². The fraction of sp³-hybridized carbons (Fsp3) is 0.588. The van der Waals surface area contributed by atoms with Crippen LogP contribution in [0.15, 0.2) is 24.3 Å². The molecule has 0 aliphatic carbocycles. The van der Waals surface area contributed by atoms with Crippen molar-refractivity contribution >= 4 is 29.6 Å². The Morgan fingerprint density at radius 1 is 1.14 bits per heavy atom. The maximum absolute atomic E-state index is 8.48. The van der Waals surface area contributed by atoms with E-state index < -0.39 is 0 Å². The van der Waals surface area contributed by atoms with Gasteiger partial charge in [-0.05, 0) is 56.5 Å². The number of nitrogens with zero attached hydrogens (tertiary/aromatic N) is 2. The topological polar surface area (TPSA) is 36.3 Å². The van der Waals surface area contributed by atoms with Gasteiger partial charge >= 0.3 is 29.6 Å². The van der Waals surface area contributed by atoms with Crippen LogP contribution in [0.4, 0.5) is 0 Å². The fourth-order valence-corrected chi connectivity index (χ4v) is 2.61. The number of ether oxygens (including phenoxy) is 1. The van der Waals surface area contributed by atoms with Gasteiger partial charge in [0.2, 0.25) is 0 Å². The Labute approximate surface area is 150 Å². The summed E-state index contributed by atoms with van der Waals surface area (Å²) >= 11 is 0. The zero-order chi connectivity index (χ0) is 14.0. The molecule has 1 fully saturated rings. The van der Waals surface area contributed by atoms with Gasteiger partial charge in [0.05, 0.1) is 12.7 Å². The Kier molecular flexibility index (Phi) is 9.78. The minimum atomic E-state index is 0. The van der Waals surface area contributed by atoms with Gasteiger partial charge in [-0.25, -0.2) is 0 Å². The summed E-state index contributed by atoms with van der Waals surface area (Å²) in [4.78, 5) is 2.52. The van der Waals surface area contributed by atoms with E-state index in [9.17, 15) is 0 Å². The quantitative estimate of drug-likeness (QED) is 0.573. The molecule has 0 spiro atoms. The van der Waals surface area contributed by atoms with E-state index in [1.54, 1.807) is 0 Å². The number of likely N-dealkylation sites (tertiary alicyclic amines) is 1. The van der Waals surface area contributed by atoms with Gasteiger partial charge in [0.25, 0.3) is 0 Å². The first-order valence-corrected chi connectivity index (χ1v) is 7.69. The van der Waals surface area contributed by atoms with Crippen molar-refractivity contribution in [3.63, 3.8) is 0 Å². The maximum atomic E-state index is 8.48. The molecule has 0 amide bonds.